The fraction of sp³-hybridized carbons (Fsp3) is 0.500. The van der Waals surface area contributed by atoms with Crippen LogP contribution in [-0.4, -0.2) is 51.9 Å². The monoisotopic (exact) mass is 337 g/mol. The number of nitrogens with zero attached hydrogens (tertiary/aromatic N) is 3. The summed E-state index contributed by atoms with van der Waals surface area (Å²) >= 11 is 0. The van der Waals surface area contributed by atoms with Crippen LogP contribution in [0.4, 0.5) is 0 Å². The Morgan fingerprint density at radius 3 is 2.74 bits per heavy atom. The predicted molar refractivity (Wildman–Crippen MR) is 84.8 cm³/mol. The largest absolute Gasteiger partial charge is 0.347 e. The van der Waals surface area contributed by atoms with E-state index < -0.39 is 9.84 Å². The van der Waals surface area contributed by atoms with Gasteiger partial charge in [0.2, 0.25) is 0 Å². The average molecular weight is 337 g/mol. The van der Waals surface area contributed by atoms with Crippen LogP contribution in [0.2, 0.25) is 0 Å². The first kappa shape index (κ1) is 15.7. The quantitative estimate of drug-likeness (QED) is 0.839. The van der Waals surface area contributed by atoms with Crippen molar-refractivity contribution in [1.29, 1.82) is 0 Å². The Balaban J connectivity index is 1.78. The first-order valence-corrected chi connectivity index (χ1v) is 9.16. The van der Waals surface area contributed by atoms with Crippen LogP contribution in [0, 0.1) is 13.8 Å². The van der Waals surface area contributed by atoms with Crippen LogP contribution in [-0.2, 0) is 16.9 Å². The van der Waals surface area contributed by atoms with Gasteiger partial charge in [-0.05, 0) is 26.3 Å². The molecule has 1 fully saturated rings. The number of aromatic nitrogens is 4. The second-order valence-electron chi connectivity index (χ2n) is 5.91. The number of amides is 1. The van der Waals surface area contributed by atoms with Gasteiger partial charge in [0.25, 0.3) is 5.91 Å². The zero-order chi connectivity index (χ0) is 16.8. The molecule has 0 unspecified atom stereocenters. The summed E-state index contributed by atoms with van der Waals surface area (Å²) in [5.41, 5.74) is 3.66. The number of sulfone groups is 1. The SMILES string of the molecule is Cc1nn(C)c(C)c1-c1cc(C(=O)N[C@H]2CCS(=O)(=O)C2)[nH]n1. The summed E-state index contributed by atoms with van der Waals surface area (Å²) in [4.78, 5) is 12.2. The number of hydrogen-bond acceptors (Lipinski definition) is 5. The molecule has 3 heterocycles. The summed E-state index contributed by atoms with van der Waals surface area (Å²) in [6.07, 6.45) is 0.454. The van der Waals surface area contributed by atoms with Crippen molar-refractivity contribution in [3.8, 4) is 11.3 Å². The van der Waals surface area contributed by atoms with Crippen LogP contribution in [0.15, 0.2) is 6.07 Å². The summed E-state index contributed by atoms with van der Waals surface area (Å²) in [6, 6.07) is 1.33. The lowest BCUT2D eigenvalue weighted by atomic mass is 10.1. The van der Waals surface area contributed by atoms with Gasteiger partial charge in [0.1, 0.15) is 5.69 Å². The zero-order valence-corrected chi connectivity index (χ0v) is 14.1. The van der Waals surface area contributed by atoms with Gasteiger partial charge >= 0.3 is 0 Å². The van der Waals surface area contributed by atoms with Gasteiger partial charge in [-0.1, -0.05) is 0 Å². The van der Waals surface area contributed by atoms with Crippen molar-refractivity contribution in [3.05, 3.63) is 23.1 Å². The van der Waals surface area contributed by atoms with Crippen LogP contribution in [0.1, 0.15) is 28.3 Å². The van der Waals surface area contributed by atoms with Crippen LogP contribution in [0.5, 0.6) is 0 Å². The van der Waals surface area contributed by atoms with Crippen LogP contribution in [0.25, 0.3) is 11.3 Å². The Labute approximate surface area is 134 Å². The molecule has 0 bridgehead atoms. The number of H-pyrrole nitrogens is 1. The molecule has 2 N–H and O–H groups in total. The molecule has 2 aromatic heterocycles. The van der Waals surface area contributed by atoms with Crippen molar-refractivity contribution in [2.75, 3.05) is 11.5 Å². The molecule has 9 heteroatoms. The van der Waals surface area contributed by atoms with Gasteiger partial charge in [0, 0.05) is 24.3 Å². The highest BCUT2D eigenvalue weighted by Gasteiger charge is 2.29. The molecule has 2 aromatic rings. The molecule has 0 aliphatic carbocycles. The van der Waals surface area contributed by atoms with Crippen LogP contribution >= 0.6 is 0 Å². The predicted octanol–water partition coefficient (Wildman–Crippen LogP) is 0.344. The van der Waals surface area contributed by atoms with Gasteiger partial charge in [-0.25, -0.2) is 8.42 Å². The van der Waals surface area contributed by atoms with E-state index in [2.05, 4.69) is 20.6 Å². The lowest BCUT2D eigenvalue weighted by Crippen LogP contribution is -2.35. The molecule has 124 valence electrons. The number of aromatic amines is 1. The molecule has 0 aromatic carbocycles. The molecule has 1 saturated heterocycles. The third-order valence-corrected chi connectivity index (χ3v) is 5.92. The van der Waals surface area contributed by atoms with Crippen molar-refractivity contribution in [2.24, 2.45) is 7.05 Å². The Morgan fingerprint density at radius 2 is 2.17 bits per heavy atom. The molecule has 0 saturated carbocycles. The molecule has 8 nitrogen and oxygen atoms in total. The highest BCUT2D eigenvalue weighted by Crippen LogP contribution is 2.25. The van der Waals surface area contributed by atoms with Crippen molar-refractivity contribution in [3.63, 3.8) is 0 Å². The number of carbonyl (C=O) groups is 1. The number of carbonyl (C=O) groups excluding carboxylic acids is 1. The normalized spacial score (nSPS) is 19.9. The summed E-state index contributed by atoms with van der Waals surface area (Å²) < 4.78 is 24.7. The summed E-state index contributed by atoms with van der Waals surface area (Å²) in [6.45, 7) is 3.83. The molecular weight excluding hydrogens is 318 g/mol. The van der Waals surface area contributed by atoms with E-state index in [-0.39, 0.29) is 23.5 Å². The Kier molecular flexibility index (Phi) is 3.75. The molecule has 23 heavy (non-hydrogen) atoms. The highest BCUT2D eigenvalue weighted by atomic mass is 32.2. The van der Waals surface area contributed by atoms with E-state index in [4.69, 9.17) is 0 Å². The minimum atomic E-state index is -3.02. The summed E-state index contributed by atoms with van der Waals surface area (Å²) in [5.74, 6) is -0.217. The maximum absolute atomic E-state index is 12.2. The van der Waals surface area contributed by atoms with E-state index in [0.717, 1.165) is 17.0 Å². The van der Waals surface area contributed by atoms with E-state index >= 15 is 0 Å². The lowest BCUT2D eigenvalue weighted by molar-refractivity contribution is 0.0936. The lowest BCUT2D eigenvalue weighted by Gasteiger charge is -2.08. The second-order valence-corrected chi connectivity index (χ2v) is 8.14. The van der Waals surface area contributed by atoms with Gasteiger partial charge in [-0.3, -0.25) is 14.6 Å². The fourth-order valence-corrected chi connectivity index (χ4v) is 4.56. The average Bonchev–Trinajstić information content (AvgIpc) is 3.11. The fourth-order valence-electron chi connectivity index (χ4n) is 2.88. The molecule has 1 aliphatic heterocycles. The van der Waals surface area contributed by atoms with Gasteiger partial charge in [0.15, 0.2) is 9.84 Å². The molecule has 0 radical (unpaired) electrons. The number of hydrogen-bond donors (Lipinski definition) is 2. The van der Waals surface area contributed by atoms with Crippen molar-refractivity contribution >= 4 is 15.7 Å². The van der Waals surface area contributed by atoms with Gasteiger partial charge in [-0.15, -0.1) is 0 Å². The smallest absolute Gasteiger partial charge is 0.269 e. The summed E-state index contributed by atoms with van der Waals surface area (Å²) in [7, 11) is -1.17. The summed E-state index contributed by atoms with van der Waals surface area (Å²) in [5, 5.41) is 14.0. The van der Waals surface area contributed by atoms with E-state index in [0.29, 0.717) is 17.8 Å². The van der Waals surface area contributed by atoms with Crippen LogP contribution in [0.3, 0.4) is 0 Å². The van der Waals surface area contributed by atoms with Crippen molar-refractivity contribution in [2.45, 2.75) is 26.3 Å². The maximum Gasteiger partial charge on any atom is 0.269 e. The first-order chi connectivity index (χ1) is 10.8. The van der Waals surface area contributed by atoms with Crippen molar-refractivity contribution in [1.82, 2.24) is 25.3 Å². The Bertz CT molecular complexity index is 865. The standard InChI is InChI=1S/C14H19N5O3S/c1-8-13(9(2)19(3)18-8)11-6-12(17-16-11)14(20)15-10-4-5-23(21,22)7-10/h6,10H,4-5,7H2,1-3H3,(H,15,20)(H,16,17)/t10-/m0/s1. The number of rotatable bonds is 3. The number of nitrogens with one attached hydrogen (secondary N) is 2. The maximum atomic E-state index is 12.2. The van der Waals surface area contributed by atoms with E-state index in [9.17, 15) is 13.2 Å². The molecule has 0 spiro atoms. The minimum absolute atomic E-state index is 0.000551. The van der Waals surface area contributed by atoms with Crippen molar-refractivity contribution < 1.29 is 13.2 Å². The molecule has 1 aliphatic rings. The third-order valence-electron chi connectivity index (χ3n) is 4.16. The van der Waals surface area contributed by atoms with E-state index in [1.165, 1.54) is 0 Å². The van der Waals surface area contributed by atoms with Gasteiger partial charge in [0.05, 0.1) is 22.9 Å². The van der Waals surface area contributed by atoms with Gasteiger partial charge < -0.3 is 5.32 Å². The Morgan fingerprint density at radius 1 is 1.43 bits per heavy atom. The molecule has 3 rings (SSSR count). The topological polar surface area (TPSA) is 110 Å². The third kappa shape index (κ3) is 3.00. The molecular formula is C14H19N5O3S. The Hall–Kier alpha value is -2.16. The first-order valence-electron chi connectivity index (χ1n) is 7.34. The minimum Gasteiger partial charge on any atom is -0.347 e. The van der Waals surface area contributed by atoms with E-state index in [1.54, 1.807) is 10.7 Å². The molecule has 1 amide bonds. The van der Waals surface area contributed by atoms with Gasteiger partial charge in [-0.2, -0.15) is 10.2 Å². The zero-order valence-electron chi connectivity index (χ0n) is 13.3. The molecule has 1 atom stereocenters. The van der Waals surface area contributed by atoms with E-state index in [1.807, 2.05) is 20.9 Å². The highest BCUT2D eigenvalue weighted by molar-refractivity contribution is 7.91. The number of aryl methyl sites for hydroxylation is 2. The second kappa shape index (κ2) is 5.48. The van der Waals surface area contributed by atoms with Crippen LogP contribution < -0.4 is 5.32 Å².